The van der Waals surface area contributed by atoms with E-state index < -0.39 is 0 Å². The van der Waals surface area contributed by atoms with Crippen LogP contribution in [0.2, 0.25) is 0 Å². The van der Waals surface area contributed by atoms with Gasteiger partial charge in [-0.15, -0.1) is 0 Å². The summed E-state index contributed by atoms with van der Waals surface area (Å²) in [7, 11) is 0. The third kappa shape index (κ3) is 1.47. The van der Waals surface area contributed by atoms with Crippen LogP contribution in [0.25, 0.3) is 10.3 Å². The Hall–Kier alpha value is -1.23. The molecule has 2 heterocycles. The SMILES string of the molecule is CC(C)c1ncc2nc(N)sc2n1. The molecule has 13 heavy (non-hydrogen) atoms. The van der Waals surface area contributed by atoms with Crippen LogP contribution in [0.15, 0.2) is 6.20 Å². The van der Waals surface area contributed by atoms with Crippen LogP contribution in [-0.2, 0) is 0 Å². The van der Waals surface area contributed by atoms with Crippen LogP contribution in [0.4, 0.5) is 5.13 Å². The molecular weight excluding hydrogens is 184 g/mol. The van der Waals surface area contributed by atoms with E-state index in [-0.39, 0.29) is 0 Å². The summed E-state index contributed by atoms with van der Waals surface area (Å²) in [5.41, 5.74) is 6.34. The average molecular weight is 194 g/mol. The van der Waals surface area contributed by atoms with Crippen LogP contribution in [0, 0.1) is 0 Å². The van der Waals surface area contributed by atoms with Crippen molar-refractivity contribution in [3.63, 3.8) is 0 Å². The van der Waals surface area contributed by atoms with Crippen LogP contribution in [0.3, 0.4) is 0 Å². The van der Waals surface area contributed by atoms with Gasteiger partial charge < -0.3 is 5.73 Å². The zero-order valence-corrected chi connectivity index (χ0v) is 8.30. The molecule has 2 rings (SSSR count). The number of thiazole rings is 1. The van der Waals surface area contributed by atoms with Gasteiger partial charge in [-0.05, 0) is 0 Å². The highest BCUT2D eigenvalue weighted by molar-refractivity contribution is 7.21. The van der Waals surface area contributed by atoms with Crippen molar-refractivity contribution in [3.05, 3.63) is 12.0 Å². The Morgan fingerprint density at radius 3 is 2.85 bits per heavy atom. The van der Waals surface area contributed by atoms with E-state index in [4.69, 9.17) is 5.73 Å². The van der Waals surface area contributed by atoms with Gasteiger partial charge in [0.25, 0.3) is 0 Å². The predicted molar refractivity (Wildman–Crippen MR) is 53.7 cm³/mol. The Bertz CT molecular complexity index is 435. The van der Waals surface area contributed by atoms with Crippen molar-refractivity contribution in [1.82, 2.24) is 15.0 Å². The second-order valence-electron chi connectivity index (χ2n) is 3.13. The molecule has 0 unspecified atom stereocenters. The van der Waals surface area contributed by atoms with Gasteiger partial charge in [-0.2, -0.15) is 0 Å². The highest BCUT2D eigenvalue weighted by Gasteiger charge is 2.07. The Balaban J connectivity index is 2.61. The quantitative estimate of drug-likeness (QED) is 0.751. The van der Waals surface area contributed by atoms with Gasteiger partial charge in [0.15, 0.2) is 5.13 Å². The van der Waals surface area contributed by atoms with Gasteiger partial charge in [-0.3, -0.25) is 0 Å². The van der Waals surface area contributed by atoms with Gasteiger partial charge in [0.2, 0.25) is 0 Å². The molecule has 0 bridgehead atoms. The molecule has 0 aromatic carbocycles. The number of aromatic nitrogens is 3. The molecule has 5 heteroatoms. The topological polar surface area (TPSA) is 64.7 Å². The maximum atomic E-state index is 5.56. The smallest absolute Gasteiger partial charge is 0.182 e. The largest absolute Gasteiger partial charge is 0.375 e. The Kier molecular flexibility index (Phi) is 1.88. The molecule has 2 aromatic rings. The average Bonchev–Trinajstić information content (AvgIpc) is 2.42. The maximum absolute atomic E-state index is 5.56. The lowest BCUT2D eigenvalue weighted by Gasteiger charge is -2.00. The van der Waals surface area contributed by atoms with Gasteiger partial charge in [0.05, 0.1) is 6.20 Å². The third-order valence-corrected chi connectivity index (χ3v) is 2.50. The number of anilines is 1. The monoisotopic (exact) mass is 194 g/mol. The molecule has 4 nitrogen and oxygen atoms in total. The van der Waals surface area contributed by atoms with Crippen LogP contribution < -0.4 is 5.73 Å². The van der Waals surface area contributed by atoms with Crippen LogP contribution in [-0.4, -0.2) is 15.0 Å². The number of fused-ring (bicyclic) bond motifs is 1. The van der Waals surface area contributed by atoms with E-state index in [2.05, 4.69) is 28.8 Å². The molecule has 0 fully saturated rings. The summed E-state index contributed by atoms with van der Waals surface area (Å²) in [5, 5.41) is 0.546. The normalized spacial score (nSPS) is 11.3. The Labute approximate surface area is 79.8 Å². The van der Waals surface area contributed by atoms with E-state index in [1.54, 1.807) is 6.20 Å². The maximum Gasteiger partial charge on any atom is 0.182 e. The minimum Gasteiger partial charge on any atom is -0.375 e. The van der Waals surface area contributed by atoms with E-state index in [0.29, 0.717) is 11.0 Å². The van der Waals surface area contributed by atoms with Crippen molar-refractivity contribution >= 4 is 26.8 Å². The van der Waals surface area contributed by atoms with Crippen LogP contribution in [0.1, 0.15) is 25.6 Å². The van der Waals surface area contributed by atoms with Gasteiger partial charge in [0.1, 0.15) is 16.2 Å². The lowest BCUT2D eigenvalue weighted by atomic mass is 10.2. The molecule has 0 spiro atoms. The van der Waals surface area contributed by atoms with Crippen molar-refractivity contribution in [3.8, 4) is 0 Å². The minimum atomic E-state index is 0.340. The first-order valence-electron chi connectivity index (χ1n) is 4.06. The van der Waals surface area contributed by atoms with E-state index in [1.807, 2.05) is 0 Å². The number of hydrogen-bond donors (Lipinski definition) is 1. The van der Waals surface area contributed by atoms with Crippen LogP contribution >= 0.6 is 11.3 Å². The molecular formula is C8H10N4S. The molecule has 0 aliphatic carbocycles. The number of rotatable bonds is 1. The minimum absolute atomic E-state index is 0.340. The molecule has 0 aliphatic heterocycles. The summed E-state index contributed by atoms with van der Waals surface area (Å²) in [4.78, 5) is 13.5. The number of nitrogen functional groups attached to an aromatic ring is 1. The number of nitrogens with zero attached hydrogens (tertiary/aromatic N) is 3. The summed E-state index contributed by atoms with van der Waals surface area (Å²) in [6.07, 6.45) is 1.73. The zero-order chi connectivity index (χ0) is 9.42. The highest BCUT2D eigenvalue weighted by Crippen LogP contribution is 2.22. The third-order valence-electron chi connectivity index (χ3n) is 1.70. The van der Waals surface area contributed by atoms with E-state index >= 15 is 0 Å². The molecule has 2 aromatic heterocycles. The van der Waals surface area contributed by atoms with Crippen molar-refractivity contribution < 1.29 is 0 Å². The lowest BCUT2D eigenvalue weighted by Crippen LogP contribution is -1.95. The summed E-state index contributed by atoms with van der Waals surface area (Å²) in [6.45, 7) is 4.12. The fourth-order valence-corrected chi connectivity index (χ4v) is 1.73. The molecule has 0 radical (unpaired) electrons. The molecule has 0 saturated heterocycles. The molecule has 2 N–H and O–H groups in total. The Morgan fingerprint density at radius 1 is 1.38 bits per heavy atom. The van der Waals surface area contributed by atoms with Gasteiger partial charge in [-0.25, -0.2) is 15.0 Å². The second-order valence-corrected chi connectivity index (χ2v) is 4.13. The Morgan fingerprint density at radius 2 is 2.15 bits per heavy atom. The zero-order valence-electron chi connectivity index (χ0n) is 7.48. The van der Waals surface area contributed by atoms with E-state index in [9.17, 15) is 0 Å². The molecule has 0 atom stereocenters. The number of hydrogen-bond acceptors (Lipinski definition) is 5. The van der Waals surface area contributed by atoms with Crippen LogP contribution in [0.5, 0.6) is 0 Å². The first-order valence-corrected chi connectivity index (χ1v) is 4.87. The standard InChI is InChI=1S/C8H10N4S/c1-4(2)6-10-3-5-7(12-6)13-8(9)11-5/h3-4H,1-2H3,(H2,9,11). The summed E-state index contributed by atoms with van der Waals surface area (Å²) >= 11 is 1.40. The molecule has 0 amide bonds. The summed E-state index contributed by atoms with van der Waals surface area (Å²) in [6, 6.07) is 0. The second kappa shape index (κ2) is 2.92. The molecule has 68 valence electrons. The fraction of sp³-hybridized carbons (Fsp3) is 0.375. The summed E-state index contributed by atoms with van der Waals surface area (Å²) < 4.78 is 0. The van der Waals surface area contributed by atoms with E-state index in [1.165, 1.54) is 11.3 Å². The van der Waals surface area contributed by atoms with Gasteiger partial charge >= 0.3 is 0 Å². The van der Waals surface area contributed by atoms with Crippen molar-refractivity contribution in [2.45, 2.75) is 19.8 Å². The molecule has 0 saturated carbocycles. The first-order chi connectivity index (χ1) is 6.16. The van der Waals surface area contributed by atoms with E-state index in [0.717, 1.165) is 16.2 Å². The van der Waals surface area contributed by atoms with Crippen molar-refractivity contribution in [2.75, 3.05) is 5.73 Å². The highest BCUT2D eigenvalue weighted by atomic mass is 32.1. The van der Waals surface area contributed by atoms with Gasteiger partial charge in [0, 0.05) is 5.92 Å². The predicted octanol–water partition coefficient (Wildman–Crippen LogP) is 1.79. The van der Waals surface area contributed by atoms with Crippen molar-refractivity contribution in [1.29, 1.82) is 0 Å². The first kappa shape index (κ1) is 8.37. The van der Waals surface area contributed by atoms with Gasteiger partial charge in [-0.1, -0.05) is 25.2 Å². The summed E-state index contributed by atoms with van der Waals surface area (Å²) in [5.74, 6) is 1.18. The van der Waals surface area contributed by atoms with Crippen molar-refractivity contribution in [2.24, 2.45) is 0 Å². The molecule has 0 aliphatic rings. The fourth-order valence-electron chi connectivity index (χ4n) is 1.04. The number of nitrogens with two attached hydrogens (primary N) is 1. The lowest BCUT2D eigenvalue weighted by molar-refractivity contribution is 0.783.